The molecule has 0 N–H and O–H groups in total. The van der Waals surface area contributed by atoms with Gasteiger partial charge in [0.1, 0.15) is 6.04 Å². The molecule has 0 saturated carbocycles. The summed E-state index contributed by atoms with van der Waals surface area (Å²) in [6.07, 6.45) is 0. The third-order valence-corrected chi connectivity index (χ3v) is 6.80. The Labute approximate surface area is 197 Å². The molecule has 0 bridgehead atoms. The number of fused-ring (bicyclic) bond motifs is 1. The van der Waals surface area contributed by atoms with Gasteiger partial charge in [-0.3, -0.25) is 0 Å². The number of thioether (sulfide) groups is 1. The van der Waals surface area contributed by atoms with Gasteiger partial charge in [-0.2, -0.15) is 0 Å². The smallest absolute Gasteiger partial charge is 0.195 e. The largest absolute Gasteiger partial charge is 0.305 e. The molecule has 0 unspecified atom stereocenters. The van der Waals surface area contributed by atoms with Crippen LogP contribution >= 0.6 is 11.8 Å². The summed E-state index contributed by atoms with van der Waals surface area (Å²) in [5, 5.41) is 12.4. The van der Waals surface area contributed by atoms with Crippen LogP contribution in [0, 0.1) is 0 Å². The Hall–Kier alpha value is -3.89. The van der Waals surface area contributed by atoms with Crippen molar-refractivity contribution in [3.8, 4) is 11.1 Å². The van der Waals surface area contributed by atoms with E-state index in [2.05, 4.69) is 119 Å². The molecule has 33 heavy (non-hydrogen) atoms. The SMILES string of the molecule is C1=C(c2ccc(-c3ccccc3)cc2)N2C(=NN=C(c3ccccc3)[C@@H]2c2ccccc2)S1. The first-order valence-electron chi connectivity index (χ1n) is 11.0. The summed E-state index contributed by atoms with van der Waals surface area (Å²) in [6.45, 7) is 0. The van der Waals surface area contributed by atoms with Crippen LogP contribution in [0.2, 0.25) is 0 Å². The summed E-state index contributed by atoms with van der Waals surface area (Å²) in [7, 11) is 0. The minimum absolute atomic E-state index is 0.0452. The molecule has 0 aromatic heterocycles. The molecule has 0 aliphatic carbocycles. The maximum Gasteiger partial charge on any atom is 0.195 e. The highest BCUT2D eigenvalue weighted by Gasteiger charge is 2.38. The summed E-state index contributed by atoms with van der Waals surface area (Å²) in [5.41, 5.74) is 7.99. The Morgan fingerprint density at radius 1 is 0.545 bits per heavy atom. The standard InChI is InChI=1S/C29H21N3S/c1-4-10-21(11-5-1)22-16-18-23(19-17-22)26-20-33-29-31-30-27(24-12-6-2-7-13-24)28(32(26)29)25-14-8-3-9-15-25/h1-20,28H/t28-/m0/s1. The van der Waals surface area contributed by atoms with Crippen LogP contribution in [0.25, 0.3) is 16.8 Å². The van der Waals surface area contributed by atoms with E-state index in [9.17, 15) is 0 Å². The maximum atomic E-state index is 4.69. The summed E-state index contributed by atoms with van der Waals surface area (Å²) in [4.78, 5) is 2.33. The van der Waals surface area contributed by atoms with Crippen LogP contribution in [0.4, 0.5) is 0 Å². The summed E-state index contributed by atoms with van der Waals surface area (Å²) in [6, 6.07) is 40.2. The molecule has 2 heterocycles. The molecule has 0 amide bonds. The average molecular weight is 444 g/mol. The van der Waals surface area contributed by atoms with Gasteiger partial charge in [-0.25, -0.2) is 0 Å². The molecule has 0 fully saturated rings. The number of nitrogens with zero attached hydrogens (tertiary/aromatic N) is 3. The monoisotopic (exact) mass is 443 g/mol. The fraction of sp³-hybridized carbons (Fsp3) is 0.0345. The molecule has 1 atom stereocenters. The molecule has 2 aliphatic rings. The predicted octanol–water partition coefficient (Wildman–Crippen LogP) is 7.22. The highest BCUT2D eigenvalue weighted by molar-refractivity contribution is 8.16. The van der Waals surface area contributed by atoms with Crippen molar-refractivity contribution in [2.45, 2.75) is 6.04 Å². The topological polar surface area (TPSA) is 28.0 Å². The Morgan fingerprint density at radius 2 is 1.09 bits per heavy atom. The van der Waals surface area contributed by atoms with Gasteiger partial charge in [0.2, 0.25) is 0 Å². The van der Waals surface area contributed by atoms with Gasteiger partial charge in [-0.1, -0.05) is 127 Å². The molecule has 2 aliphatic heterocycles. The fourth-order valence-electron chi connectivity index (χ4n) is 4.36. The lowest BCUT2D eigenvalue weighted by Crippen LogP contribution is -2.37. The van der Waals surface area contributed by atoms with E-state index in [0.717, 1.165) is 22.1 Å². The first-order chi connectivity index (χ1) is 16.4. The lowest BCUT2D eigenvalue weighted by Gasteiger charge is -2.35. The lowest BCUT2D eigenvalue weighted by molar-refractivity contribution is 0.532. The summed E-state index contributed by atoms with van der Waals surface area (Å²) in [5.74, 6) is 0. The van der Waals surface area contributed by atoms with Crippen molar-refractivity contribution in [3.63, 3.8) is 0 Å². The molecular weight excluding hydrogens is 422 g/mol. The van der Waals surface area contributed by atoms with Crippen molar-refractivity contribution in [3.05, 3.63) is 137 Å². The highest BCUT2D eigenvalue weighted by Crippen LogP contribution is 2.43. The number of hydrogen-bond donors (Lipinski definition) is 0. The molecule has 158 valence electrons. The van der Waals surface area contributed by atoms with E-state index < -0.39 is 0 Å². The van der Waals surface area contributed by atoms with Crippen LogP contribution in [0.1, 0.15) is 22.7 Å². The van der Waals surface area contributed by atoms with Crippen molar-refractivity contribution in [1.82, 2.24) is 4.90 Å². The van der Waals surface area contributed by atoms with Crippen molar-refractivity contribution in [2.24, 2.45) is 10.2 Å². The van der Waals surface area contributed by atoms with E-state index >= 15 is 0 Å². The van der Waals surface area contributed by atoms with Gasteiger partial charge in [-0.05, 0) is 22.3 Å². The third-order valence-electron chi connectivity index (χ3n) is 5.97. The molecule has 4 aromatic carbocycles. The first kappa shape index (κ1) is 19.8. The molecule has 0 saturated heterocycles. The summed E-state index contributed by atoms with van der Waals surface area (Å²) >= 11 is 1.63. The van der Waals surface area contributed by atoms with Gasteiger partial charge < -0.3 is 4.90 Å². The van der Waals surface area contributed by atoms with Gasteiger partial charge in [-0.15, -0.1) is 10.2 Å². The predicted molar refractivity (Wildman–Crippen MR) is 139 cm³/mol. The molecule has 3 nitrogen and oxygen atoms in total. The number of hydrogen-bond acceptors (Lipinski definition) is 4. The molecule has 0 spiro atoms. The minimum atomic E-state index is -0.0452. The first-order valence-corrected chi connectivity index (χ1v) is 11.8. The zero-order valence-electron chi connectivity index (χ0n) is 17.9. The number of benzene rings is 4. The Bertz CT molecular complexity index is 1360. The van der Waals surface area contributed by atoms with Gasteiger partial charge in [0.15, 0.2) is 5.17 Å². The maximum absolute atomic E-state index is 4.69. The van der Waals surface area contributed by atoms with Gasteiger partial charge in [0, 0.05) is 11.0 Å². The van der Waals surface area contributed by atoms with Crippen LogP contribution < -0.4 is 0 Å². The van der Waals surface area contributed by atoms with Crippen LogP contribution in [-0.4, -0.2) is 15.8 Å². The van der Waals surface area contributed by atoms with Crippen molar-refractivity contribution >= 4 is 28.3 Å². The molecule has 4 aromatic rings. The molecule has 0 radical (unpaired) electrons. The third kappa shape index (κ3) is 3.69. The molecular formula is C29H21N3S. The average Bonchev–Trinajstić information content (AvgIpc) is 3.34. The number of amidine groups is 1. The molecule has 4 heteroatoms. The van der Waals surface area contributed by atoms with Crippen LogP contribution in [0.15, 0.2) is 131 Å². The van der Waals surface area contributed by atoms with Gasteiger partial charge >= 0.3 is 0 Å². The minimum Gasteiger partial charge on any atom is -0.305 e. The van der Waals surface area contributed by atoms with E-state index in [1.807, 2.05) is 12.1 Å². The quantitative estimate of drug-likeness (QED) is 0.333. The van der Waals surface area contributed by atoms with Crippen LogP contribution in [0.3, 0.4) is 0 Å². The normalized spacial score (nSPS) is 17.2. The second-order valence-electron chi connectivity index (χ2n) is 7.98. The zero-order valence-corrected chi connectivity index (χ0v) is 18.7. The summed E-state index contributed by atoms with van der Waals surface area (Å²) < 4.78 is 0. The van der Waals surface area contributed by atoms with Crippen molar-refractivity contribution in [2.75, 3.05) is 0 Å². The van der Waals surface area contributed by atoms with Gasteiger partial charge in [0.25, 0.3) is 0 Å². The van der Waals surface area contributed by atoms with E-state index in [0.29, 0.717) is 0 Å². The Kier molecular flexibility index (Phi) is 5.13. The highest BCUT2D eigenvalue weighted by atomic mass is 32.2. The second-order valence-corrected chi connectivity index (χ2v) is 8.82. The fourth-order valence-corrected chi connectivity index (χ4v) is 5.23. The Balaban J connectivity index is 1.41. The zero-order chi connectivity index (χ0) is 22.0. The lowest BCUT2D eigenvalue weighted by atomic mass is 9.93. The van der Waals surface area contributed by atoms with E-state index in [1.165, 1.54) is 22.3 Å². The Morgan fingerprint density at radius 3 is 1.76 bits per heavy atom. The van der Waals surface area contributed by atoms with Crippen LogP contribution in [0.5, 0.6) is 0 Å². The van der Waals surface area contributed by atoms with Gasteiger partial charge in [0.05, 0.1) is 11.4 Å². The molecule has 6 rings (SSSR count). The van der Waals surface area contributed by atoms with E-state index in [4.69, 9.17) is 5.10 Å². The van der Waals surface area contributed by atoms with Crippen molar-refractivity contribution in [1.29, 1.82) is 0 Å². The van der Waals surface area contributed by atoms with E-state index in [1.54, 1.807) is 11.8 Å². The van der Waals surface area contributed by atoms with Crippen molar-refractivity contribution < 1.29 is 0 Å². The second kappa shape index (κ2) is 8.57. The van der Waals surface area contributed by atoms with Crippen LogP contribution in [-0.2, 0) is 0 Å². The van der Waals surface area contributed by atoms with E-state index in [-0.39, 0.29) is 6.04 Å². The number of rotatable bonds is 4.